The van der Waals surface area contributed by atoms with Crippen LogP contribution in [0.3, 0.4) is 0 Å². The first-order valence-electron chi connectivity index (χ1n) is 6.56. The van der Waals surface area contributed by atoms with Gasteiger partial charge in [-0.1, -0.05) is 20.8 Å². The maximum Gasteiger partial charge on any atom is 0.227 e. The molecule has 0 radical (unpaired) electrons. The number of nitrogens with two attached hydrogens (primary N) is 1. The summed E-state index contributed by atoms with van der Waals surface area (Å²) in [5.41, 5.74) is 5.82. The molecule has 0 saturated heterocycles. The van der Waals surface area contributed by atoms with Crippen LogP contribution in [0.15, 0.2) is 0 Å². The summed E-state index contributed by atoms with van der Waals surface area (Å²) in [5, 5.41) is 6.81. The smallest absolute Gasteiger partial charge is 0.227 e. The molecule has 1 aromatic rings. The Hall–Kier alpha value is -1.43. The molecule has 1 aromatic heterocycles. The zero-order valence-corrected chi connectivity index (χ0v) is 12.5. The van der Waals surface area contributed by atoms with E-state index in [1.54, 1.807) is 11.9 Å². The van der Waals surface area contributed by atoms with Crippen LogP contribution in [0.2, 0.25) is 0 Å². The van der Waals surface area contributed by atoms with E-state index in [-0.39, 0.29) is 17.2 Å². The summed E-state index contributed by atoms with van der Waals surface area (Å²) in [4.78, 5) is 18.2. The second kappa shape index (κ2) is 6.14. The molecule has 0 aliphatic heterocycles. The average Bonchev–Trinajstić information content (AvgIpc) is 2.69. The van der Waals surface area contributed by atoms with E-state index in [2.05, 4.69) is 36.0 Å². The number of carbonyl (C=O) groups is 1. The number of hydrogen-bond donors (Lipinski definition) is 2. The van der Waals surface area contributed by atoms with Gasteiger partial charge in [-0.15, -0.1) is 0 Å². The lowest BCUT2D eigenvalue weighted by Crippen LogP contribution is -2.38. The lowest BCUT2D eigenvalue weighted by atomic mass is 9.84. The molecule has 6 heteroatoms. The molecule has 19 heavy (non-hydrogen) atoms. The van der Waals surface area contributed by atoms with Crippen molar-refractivity contribution in [1.82, 2.24) is 20.1 Å². The van der Waals surface area contributed by atoms with E-state index in [1.807, 2.05) is 6.92 Å². The third kappa shape index (κ3) is 4.98. The Morgan fingerprint density at radius 2 is 2.11 bits per heavy atom. The van der Waals surface area contributed by atoms with Crippen LogP contribution in [0.4, 0.5) is 0 Å². The summed E-state index contributed by atoms with van der Waals surface area (Å²) in [5.74, 6) is 1.28. The molecule has 0 spiro atoms. The summed E-state index contributed by atoms with van der Waals surface area (Å²) in [6, 6.07) is 0. The highest BCUT2D eigenvalue weighted by Crippen LogP contribution is 2.25. The third-order valence-electron chi connectivity index (χ3n) is 2.89. The summed E-state index contributed by atoms with van der Waals surface area (Å²) in [6.45, 7) is 8.95. The zero-order valence-electron chi connectivity index (χ0n) is 12.5. The predicted molar refractivity (Wildman–Crippen MR) is 74.2 cm³/mol. The minimum atomic E-state index is -0.148. The largest absolute Gasteiger partial charge is 0.338 e. The Morgan fingerprint density at radius 1 is 1.47 bits per heavy atom. The van der Waals surface area contributed by atoms with Crippen molar-refractivity contribution in [3.8, 4) is 0 Å². The van der Waals surface area contributed by atoms with Gasteiger partial charge in [-0.3, -0.25) is 9.89 Å². The minimum absolute atomic E-state index is 0.0554. The summed E-state index contributed by atoms with van der Waals surface area (Å²) < 4.78 is 0. The Bertz CT molecular complexity index is 421. The van der Waals surface area contributed by atoms with Crippen molar-refractivity contribution in [2.75, 3.05) is 13.6 Å². The van der Waals surface area contributed by atoms with E-state index in [0.29, 0.717) is 18.9 Å². The van der Waals surface area contributed by atoms with Gasteiger partial charge in [0.1, 0.15) is 5.82 Å². The van der Waals surface area contributed by atoms with Crippen molar-refractivity contribution in [3.63, 3.8) is 0 Å². The third-order valence-corrected chi connectivity index (χ3v) is 2.89. The molecule has 3 N–H and O–H groups in total. The van der Waals surface area contributed by atoms with Gasteiger partial charge in [0.2, 0.25) is 5.91 Å². The molecule has 0 fully saturated rings. The zero-order chi connectivity index (χ0) is 14.6. The molecular formula is C13H25N5O. The predicted octanol–water partition coefficient (Wildman–Crippen LogP) is 1.08. The molecule has 6 nitrogen and oxygen atoms in total. The molecule has 1 heterocycles. The van der Waals surface area contributed by atoms with Gasteiger partial charge in [0.25, 0.3) is 0 Å². The fraction of sp³-hybridized carbons (Fsp3) is 0.769. The van der Waals surface area contributed by atoms with Crippen LogP contribution in [-0.4, -0.2) is 39.6 Å². The van der Waals surface area contributed by atoms with Crippen molar-refractivity contribution in [1.29, 1.82) is 0 Å². The highest BCUT2D eigenvalue weighted by molar-refractivity contribution is 5.78. The van der Waals surface area contributed by atoms with Crippen molar-refractivity contribution in [2.45, 2.75) is 40.7 Å². The number of rotatable bonds is 5. The second-order valence-electron chi connectivity index (χ2n) is 6.23. The fourth-order valence-corrected chi connectivity index (χ4v) is 2.07. The maximum absolute atomic E-state index is 12.3. The van der Waals surface area contributed by atoms with E-state index in [9.17, 15) is 4.79 Å². The van der Waals surface area contributed by atoms with Gasteiger partial charge in [0.15, 0.2) is 5.82 Å². The number of H-pyrrole nitrogens is 1. The van der Waals surface area contributed by atoms with Gasteiger partial charge in [0.05, 0.1) is 12.5 Å². The summed E-state index contributed by atoms with van der Waals surface area (Å²) in [7, 11) is 1.76. The molecule has 0 aliphatic carbocycles. The Labute approximate surface area is 114 Å². The van der Waals surface area contributed by atoms with Crippen LogP contribution in [0.5, 0.6) is 0 Å². The van der Waals surface area contributed by atoms with Crippen molar-refractivity contribution < 1.29 is 4.79 Å². The average molecular weight is 267 g/mol. The molecule has 0 aromatic carbocycles. The minimum Gasteiger partial charge on any atom is -0.338 e. The lowest BCUT2D eigenvalue weighted by molar-refractivity contribution is -0.135. The summed E-state index contributed by atoms with van der Waals surface area (Å²) in [6.07, 6.45) is 0.777. The highest BCUT2D eigenvalue weighted by Gasteiger charge is 2.26. The van der Waals surface area contributed by atoms with Gasteiger partial charge in [0, 0.05) is 13.6 Å². The van der Waals surface area contributed by atoms with Gasteiger partial charge >= 0.3 is 0 Å². The molecule has 1 atom stereocenters. The van der Waals surface area contributed by atoms with Crippen LogP contribution in [0.1, 0.15) is 38.8 Å². The van der Waals surface area contributed by atoms with Gasteiger partial charge in [-0.2, -0.15) is 5.10 Å². The first-order chi connectivity index (χ1) is 8.73. The molecule has 0 aliphatic rings. The number of nitrogens with one attached hydrogen (secondary N) is 1. The van der Waals surface area contributed by atoms with Crippen molar-refractivity contribution >= 4 is 5.91 Å². The van der Waals surface area contributed by atoms with E-state index < -0.39 is 0 Å². The van der Waals surface area contributed by atoms with E-state index >= 15 is 0 Å². The van der Waals surface area contributed by atoms with Gasteiger partial charge in [-0.05, 0) is 18.8 Å². The molecule has 1 unspecified atom stereocenters. The number of aryl methyl sites for hydroxylation is 1. The number of aromatic nitrogens is 3. The molecule has 0 bridgehead atoms. The van der Waals surface area contributed by atoms with Crippen LogP contribution < -0.4 is 5.73 Å². The Morgan fingerprint density at radius 3 is 2.53 bits per heavy atom. The van der Waals surface area contributed by atoms with Crippen LogP contribution in [0, 0.1) is 18.3 Å². The lowest BCUT2D eigenvalue weighted by Gasteiger charge is -2.27. The fourth-order valence-electron chi connectivity index (χ4n) is 2.07. The monoisotopic (exact) mass is 267 g/mol. The number of nitrogens with zero attached hydrogens (tertiary/aromatic N) is 3. The number of hydrogen-bond acceptors (Lipinski definition) is 4. The second-order valence-corrected chi connectivity index (χ2v) is 6.23. The number of amides is 1. The molecule has 108 valence electrons. The Kier molecular flexibility index (Phi) is 5.05. The van der Waals surface area contributed by atoms with E-state index in [4.69, 9.17) is 5.73 Å². The standard InChI is InChI=1S/C13H25N5O/c1-9-15-11(17-16-9)8-18(5)12(19)10(7-14)6-13(2,3)4/h10H,6-8,14H2,1-5H3,(H,15,16,17). The molecular weight excluding hydrogens is 242 g/mol. The van der Waals surface area contributed by atoms with Crippen LogP contribution >= 0.6 is 0 Å². The van der Waals surface area contributed by atoms with Crippen LogP contribution in [-0.2, 0) is 11.3 Å². The molecule has 0 saturated carbocycles. The number of aromatic amines is 1. The van der Waals surface area contributed by atoms with Crippen molar-refractivity contribution in [3.05, 3.63) is 11.6 Å². The summed E-state index contributed by atoms with van der Waals surface area (Å²) >= 11 is 0. The topological polar surface area (TPSA) is 87.9 Å². The molecule has 1 rings (SSSR count). The highest BCUT2D eigenvalue weighted by atomic mass is 16.2. The molecule has 1 amide bonds. The van der Waals surface area contributed by atoms with E-state index in [1.165, 1.54) is 0 Å². The normalized spacial score (nSPS) is 13.4. The van der Waals surface area contributed by atoms with Crippen molar-refractivity contribution in [2.24, 2.45) is 17.1 Å². The maximum atomic E-state index is 12.3. The van der Waals surface area contributed by atoms with Gasteiger partial charge < -0.3 is 10.6 Å². The Balaban J connectivity index is 2.64. The SMILES string of the molecule is Cc1nc(CN(C)C(=O)C(CN)CC(C)(C)C)n[nH]1. The quantitative estimate of drug-likeness (QED) is 0.835. The number of carbonyl (C=O) groups excluding carboxylic acids is 1. The van der Waals surface area contributed by atoms with Gasteiger partial charge in [-0.25, -0.2) is 4.98 Å². The van der Waals surface area contributed by atoms with E-state index in [0.717, 1.165) is 12.2 Å². The first-order valence-corrected chi connectivity index (χ1v) is 6.56. The van der Waals surface area contributed by atoms with Crippen LogP contribution in [0.25, 0.3) is 0 Å². The first kappa shape index (κ1) is 15.6.